The number of hydrogen-bond acceptors (Lipinski definition) is 2. The first kappa shape index (κ1) is 14.8. The molecule has 0 radical (unpaired) electrons. The number of nitrogens with zero attached hydrogens (tertiary/aromatic N) is 1. The molecule has 110 valence electrons. The zero-order chi connectivity index (χ0) is 13.9. The van der Waals surface area contributed by atoms with Crippen molar-refractivity contribution in [1.29, 1.82) is 0 Å². The lowest BCUT2D eigenvalue weighted by atomic mass is 9.92. The van der Waals surface area contributed by atoms with Crippen LogP contribution in [0.3, 0.4) is 0 Å². The molecule has 0 aromatic rings. The number of hydrogen-bond donors (Lipinski definition) is 1. The van der Waals surface area contributed by atoms with Crippen LogP contribution in [0.1, 0.15) is 59.3 Å². The fourth-order valence-electron chi connectivity index (χ4n) is 3.13. The first-order valence-electron chi connectivity index (χ1n) is 8.07. The van der Waals surface area contributed by atoms with Gasteiger partial charge >= 0.3 is 0 Å². The molecule has 2 rings (SSSR count). The van der Waals surface area contributed by atoms with Gasteiger partial charge in [0.1, 0.15) is 0 Å². The molecule has 1 saturated heterocycles. The van der Waals surface area contributed by atoms with Crippen molar-refractivity contribution in [2.75, 3.05) is 19.6 Å². The Hall–Kier alpha value is -0.570. The second-order valence-electron chi connectivity index (χ2n) is 6.86. The van der Waals surface area contributed by atoms with Crippen molar-refractivity contribution in [3.8, 4) is 0 Å². The number of nitrogens with one attached hydrogen (secondary N) is 1. The fraction of sp³-hybridized carbons (Fsp3) is 0.938. The van der Waals surface area contributed by atoms with Crippen molar-refractivity contribution in [1.82, 2.24) is 10.2 Å². The Kier molecular flexibility index (Phi) is 4.88. The second kappa shape index (κ2) is 6.25. The highest BCUT2D eigenvalue weighted by Gasteiger charge is 2.45. The minimum Gasteiger partial charge on any atom is -0.341 e. The number of amides is 1. The summed E-state index contributed by atoms with van der Waals surface area (Å²) in [6.45, 7) is 9.56. The lowest BCUT2D eigenvalue weighted by Gasteiger charge is -2.27. The van der Waals surface area contributed by atoms with Gasteiger partial charge in [-0.05, 0) is 43.9 Å². The van der Waals surface area contributed by atoms with Crippen LogP contribution in [-0.4, -0.2) is 36.5 Å². The average Bonchev–Trinajstić information content (AvgIpc) is 3.19. The molecule has 0 spiro atoms. The largest absolute Gasteiger partial charge is 0.341 e. The normalized spacial score (nSPS) is 24.1. The predicted octanol–water partition coefficient (Wildman–Crippen LogP) is 2.80. The first-order valence-corrected chi connectivity index (χ1v) is 8.07. The molecule has 1 aliphatic carbocycles. The maximum atomic E-state index is 12.4. The van der Waals surface area contributed by atoms with E-state index in [9.17, 15) is 4.79 Å². The molecule has 2 aliphatic rings. The van der Waals surface area contributed by atoms with Crippen molar-refractivity contribution in [2.24, 2.45) is 11.3 Å². The predicted molar refractivity (Wildman–Crippen MR) is 79.0 cm³/mol. The van der Waals surface area contributed by atoms with Crippen molar-refractivity contribution >= 4 is 5.91 Å². The van der Waals surface area contributed by atoms with Crippen LogP contribution in [0.15, 0.2) is 0 Å². The topological polar surface area (TPSA) is 32.3 Å². The van der Waals surface area contributed by atoms with E-state index in [1.165, 1.54) is 38.5 Å². The summed E-state index contributed by atoms with van der Waals surface area (Å²) in [4.78, 5) is 14.5. The molecule has 1 saturated carbocycles. The third-order valence-electron chi connectivity index (χ3n) is 5.17. The standard InChI is InChI=1S/C16H30N2O/c1-13(2)16(8-9-16)12-17-14(3)15(19)18-10-6-4-5-7-11-18/h13-14,17H,4-12H2,1-3H3. The zero-order valence-electron chi connectivity index (χ0n) is 12.9. The van der Waals surface area contributed by atoms with Gasteiger partial charge in [0.15, 0.2) is 0 Å². The summed E-state index contributed by atoms with van der Waals surface area (Å²) in [5.41, 5.74) is 0.479. The van der Waals surface area contributed by atoms with Gasteiger partial charge in [-0.1, -0.05) is 26.7 Å². The van der Waals surface area contributed by atoms with Gasteiger partial charge < -0.3 is 10.2 Å². The molecule has 2 fully saturated rings. The Balaban J connectivity index is 1.78. The van der Waals surface area contributed by atoms with E-state index in [0.717, 1.165) is 25.6 Å². The van der Waals surface area contributed by atoms with Crippen LogP contribution in [-0.2, 0) is 4.79 Å². The van der Waals surface area contributed by atoms with Gasteiger partial charge in [0.05, 0.1) is 6.04 Å². The minimum absolute atomic E-state index is 0.0191. The molecule has 3 heteroatoms. The van der Waals surface area contributed by atoms with Crippen molar-refractivity contribution < 1.29 is 4.79 Å². The van der Waals surface area contributed by atoms with E-state index >= 15 is 0 Å². The van der Waals surface area contributed by atoms with Gasteiger partial charge in [0.2, 0.25) is 5.91 Å². The van der Waals surface area contributed by atoms with Crippen molar-refractivity contribution in [3.05, 3.63) is 0 Å². The smallest absolute Gasteiger partial charge is 0.239 e. The lowest BCUT2D eigenvalue weighted by molar-refractivity contribution is -0.133. The summed E-state index contributed by atoms with van der Waals surface area (Å²) in [6.07, 6.45) is 7.55. The summed E-state index contributed by atoms with van der Waals surface area (Å²) in [7, 11) is 0. The molecular weight excluding hydrogens is 236 g/mol. The van der Waals surface area contributed by atoms with Crippen LogP contribution >= 0.6 is 0 Å². The Morgan fingerprint density at radius 3 is 2.16 bits per heavy atom. The molecule has 19 heavy (non-hydrogen) atoms. The van der Waals surface area contributed by atoms with E-state index in [1.54, 1.807) is 0 Å². The molecule has 3 nitrogen and oxygen atoms in total. The Bertz CT molecular complexity index is 302. The van der Waals surface area contributed by atoms with Crippen molar-refractivity contribution in [2.45, 2.75) is 65.3 Å². The molecule has 0 aromatic heterocycles. The van der Waals surface area contributed by atoms with Gasteiger partial charge in [-0.3, -0.25) is 4.79 Å². The van der Waals surface area contributed by atoms with Gasteiger partial charge in [-0.2, -0.15) is 0 Å². The molecule has 1 aliphatic heterocycles. The van der Waals surface area contributed by atoms with Crippen LogP contribution in [0, 0.1) is 11.3 Å². The van der Waals surface area contributed by atoms with Gasteiger partial charge in [-0.25, -0.2) is 0 Å². The SMILES string of the molecule is CC(NCC1(C(C)C)CC1)C(=O)N1CCCCCC1. The zero-order valence-corrected chi connectivity index (χ0v) is 12.9. The number of carbonyl (C=O) groups excluding carboxylic acids is 1. The van der Waals surface area contributed by atoms with Crippen LogP contribution < -0.4 is 5.32 Å². The Morgan fingerprint density at radius 2 is 1.68 bits per heavy atom. The lowest BCUT2D eigenvalue weighted by Crippen LogP contribution is -2.47. The molecular formula is C16H30N2O. The summed E-state index contributed by atoms with van der Waals surface area (Å²) < 4.78 is 0. The molecule has 1 N–H and O–H groups in total. The summed E-state index contributed by atoms with van der Waals surface area (Å²) in [5.74, 6) is 1.03. The summed E-state index contributed by atoms with van der Waals surface area (Å²) in [5, 5.41) is 3.49. The van der Waals surface area contributed by atoms with E-state index in [-0.39, 0.29) is 6.04 Å². The Labute approximate surface area is 118 Å². The number of likely N-dealkylation sites (tertiary alicyclic amines) is 1. The van der Waals surface area contributed by atoms with E-state index in [1.807, 2.05) is 6.92 Å². The molecule has 1 amide bonds. The third kappa shape index (κ3) is 3.71. The quantitative estimate of drug-likeness (QED) is 0.830. The molecule has 0 aromatic carbocycles. The maximum Gasteiger partial charge on any atom is 0.239 e. The Morgan fingerprint density at radius 1 is 1.11 bits per heavy atom. The monoisotopic (exact) mass is 266 g/mol. The van der Waals surface area contributed by atoms with Gasteiger partial charge in [-0.15, -0.1) is 0 Å². The van der Waals surface area contributed by atoms with Crippen LogP contribution in [0.2, 0.25) is 0 Å². The first-order chi connectivity index (χ1) is 9.05. The number of carbonyl (C=O) groups is 1. The number of rotatable bonds is 5. The minimum atomic E-state index is -0.0191. The fourth-order valence-corrected chi connectivity index (χ4v) is 3.13. The highest BCUT2D eigenvalue weighted by Crippen LogP contribution is 2.51. The average molecular weight is 266 g/mol. The second-order valence-corrected chi connectivity index (χ2v) is 6.86. The molecule has 0 bridgehead atoms. The van der Waals surface area contributed by atoms with Gasteiger partial charge in [0, 0.05) is 19.6 Å². The van der Waals surface area contributed by atoms with Crippen LogP contribution in [0.25, 0.3) is 0 Å². The van der Waals surface area contributed by atoms with E-state index in [4.69, 9.17) is 0 Å². The maximum absolute atomic E-state index is 12.4. The third-order valence-corrected chi connectivity index (χ3v) is 5.17. The molecule has 1 heterocycles. The highest BCUT2D eigenvalue weighted by molar-refractivity contribution is 5.81. The molecule has 1 unspecified atom stereocenters. The molecule has 1 atom stereocenters. The van der Waals surface area contributed by atoms with Crippen LogP contribution in [0.4, 0.5) is 0 Å². The summed E-state index contributed by atoms with van der Waals surface area (Å²) in [6, 6.07) is -0.0191. The van der Waals surface area contributed by atoms with E-state index in [2.05, 4.69) is 24.1 Å². The highest BCUT2D eigenvalue weighted by atomic mass is 16.2. The van der Waals surface area contributed by atoms with E-state index < -0.39 is 0 Å². The van der Waals surface area contributed by atoms with Crippen molar-refractivity contribution in [3.63, 3.8) is 0 Å². The van der Waals surface area contributed by atoms with E-state index in [0.29, 0.717) is 11.3 Å². The van der Waals surface area contributed by atoms with Crippen LogP contribution in [0.5, 0.6) is 0 Å². The summed E-state index contributed by atoms with van der Waals surface area (Å²) >= 11 is 0. The van der Waals surface area contributed by atoms with Gasteiger partial charge in [0.25, 0.3) is 0 Å².